The van der Waals surface area contributed by atoms with E-state index in [0.29, 0.717) is 17.5 Å². The molecule has 0 saturated carbocycles. The number of carbonyl (C=O) groups excluding carboxylic acids is 4. The van der Waals surface area contributed by atoms with E-state index in [1.165, 1.54) is 17.1 Å². The van der Waals surface area contributed by atoms with Gasteiger partial charge in [0.1, 0.15) is 6.54 Å². The minimum Gasteiger partial charge on any atom is -0.462 e. The third-order valence-electron chi connectivity index (χ3n) is 4.80. The van der Waals surface area contributed by atoms with Crippen LogP contribution in [-0.2, 0) is 9.47 Å². The molecule has 8 nitrogen and oxygen atoms in total. The van der Waals surface area contributed by atoms with Crippen molar-refractivity contribution >= 4 is 23.8 Å². The molecule has 2 heterocycles. The number of ether oxygens (including phenoxy) is 2. The van der Waals surface area contributed by atoms with Crippen LogP contribution in [0, 0.1) is 0 Å². The molecule has 0 unspecified atom stereocenters. The largest absolute Gasteiger partial charge is 0.462 e. The van der Waals surface area contributed by atoms with Gasteiger partial charge < -0.3 is 9.47 Å². The Morgan fingerprint density at radius 1 is 0.862 bits per heavy atom. The van der Waals surface area contributed by atoms with Gasteiger partial charge in [-0.25, -0.2) is 19.2 Å². The number of fused-ring (bicyclic) bond motifs is 1. The van der Waals surface area contributed by atoms with Gasteiger partial charge >= 0.3 is 23.8 Å². The zero-order valence-corrected chi connectivity index (χ0v) is 16.6. The Balaban J connectivity index is 2.20. The van der Waals surface area contributed by atoms with Gasteiger partial charge in [0, 0.05) is 0 Å². The number of benzene rings is 1. The molecule has 0 spiro atoms. The molecule has 0 fully saturated rings. The molecule has 152 valence electrons. The summed E-state index contributed by atoms with van der Waals surface area (Å²) in [6, 6.07) is 6.60. The van der Waals surface area contributed by atoms with E-state index < -0.39 is 28.3 Å². The maximum absolute atomic E-state index is 13.3. The Bertz CT molecular complexity index is 920. The molecule has 1 aliphatic rings. The molecule has 1 aliphatic heterocycles. The maximum atomic E-state index is 13.3. The van der Waals surface area contributed by atoms with Gasteiger partial charge in [-0.15, -0.1) is 0 Å². The number of hydrogen-bond donors (Lipinski definition) is 0. The van der Waals surface area contributed by atoms with Crippen molar-refractivity contribution in [2.45, 2.75) is 27.2 Å². The molecule has 2 amide bonds. The predicted octanol–water partition coefficient (Wildman–Crippen LogP) is 2.68. The maximum Gasteiger partial charge on any atom is 0.379 e. The summed E-state index contributed by atoms with van der Waals surface area (Å²) < 4.78 is 10.7. The van der Waals surface area contributed by atoms with Crippen LogP contribution in [-0.4, -0.2) is 48.2 Å². The first kappa shape index (κ1) is 20.5. The lowest BCUT2D eigenvalue weighted by Crippen LogP contribution is -2.62. The molecule has 0 radical (unpaired) electrons. The quantitative estimate of drug-likeness (QED) is 0.404. The average molecular weight is 399 g/mol. The molecule has 0 saturated heterocycles. The van der Waals surface area contributed by atoms with Gasteiger partial charge in [-0.3, -0.25) is 0 Å². The van der Waals surface area contributed by atoms with Gasteiger partial charge in [0.25, 0.3) is 0 Å². The van der Waals surface area contributed by atoms with Crippen molar-refractivity contribution in [1.29, 1.82) is 0 Å². The molecule has 1 aromatic carbocycles. The first-order valence-electron chi connectivity index (χ1n) is 9.56. The standard InChI is InChI=1S/C21H23N2O6/c1-4-11-23(18(24)14-9-7-8-10-15(14)19(23)25)22-12-16(20(26)28-5-2)17(13-22)21(27)29-6-3/h7-10,12-13H,4-6,11H2,1-3H3/q+1. The van der Waals surface area contributed by atoms with Crippen molar-refractivity contribution in [3.8, 4) is 0 Å². The lowest BCUT2D eigenvalue weighted by molar-refractivity contribution is 0.0447. The van der Waals surface area contributed by atoms with Crippen molar-refractivity contribution in [2.75, 3.05) is 19.8 Å². The number of esters is 2. The number of nitrogens with zero attached hydrogens (tertiary/aromatic N) is 2. The predicted molar refractivity (Wildman–Crippen MR) is 104 cm³/mol. The minimum absolute atomic E-state index is 0.0459. The second-order valence-electron chi connectivity index (χ2n) is 6.56. The minimum atomic E-state index is -0.722. The fraction of sp³-hybridized carbons (Fsp3) is 0.333. The first-order chi connectivity index (χ1) is 13.9. The fourth-order valence-corrected chi connectivity index (χ4v) is 3.58. The second-order valence-corrected chi connectivity index (χ2v) is 6.56. The Morgan fingerprint density at radius 3 is 1.69 bits per heavy atom. The van der Waals surface area contributed by atoms with Crippen LogP contribution in [0.3, 0.4) is 0 Å². The van der Waals surface area contributed by atoms with E-state index >= 15 is 0 Å². The molecule has 0 atom stereocenters. The van der Waals surface area contributed by atoms with Crippen LogP contribution in [0.1, 0.15) is 68.6 Å². The highest BCUT2D eigenvalue weighted by molar-refractivity contribution is 6.26. The van der Waals surface area contributed by atoms with E-state index in [2.05, 4.69) is 0 Å². The van der Waals surface area contributed by atoms with Crippen LogP contribution >= 0.6 is 0 Å². The van der Waals surface area contributed by atoms with Crippen molar-refractivity contribution < 1.29 is 28.7 Å². The van der Waals surface area contributed by atoms with Gasteiger partial charge in [-0.2, -0.15) is 4.68 Å². The summed E-state index contributed by atoms with van der Waals surface area (Å²) in [6.45, 7) is 5.55. The Kier molecular flexibility index (Phi) is 5.65. The van der Waals surface area contributed by atoms with Crippen LogP contribution in [0.2, 0.25) is 0 Å². The van der Waals surface area contributed by atoms with Gasteiger partial charge in [-0.05, 0) is 32.4 Å². The van der Waals surface area contributed by atoms with Crippen LogP contribution in [0.15, 0.2) is 36.7 Å². The number of carbonyl (C=O) groups is 4. The molecule has 0 aliphatic carbocycles. The summed E-state index contributed by atoms with van der Waals surface area (Å²) in [4.78, 5) is 51.5. The van der Waals surface area contributed by atoms with E-state index in [1.54, 1.807) is 38.1 Å². The van der Waals surface area contributed by atoms with E-state index in [4.69, 9.17) is 9.47 Å². The zero-order valence-electron chi connectivity index (χ0n) is 16.6. The second kappa shape index (κ2) is 8.00. The summed E-state index contributed by atoms with van der Waals surface area (Å²) in [7, 11) is 0. The van der Waals surface area contributed by atoms with Crippen molar-refractivity contribution in [1.82, 2.24) is 9.27 Å². The SMILES string of the molecule is CCC[N+]1(n2cc(C(=O)OCC)c(C(=O)OCC)c2)C(=O)c2ccccc2C1=O. The van der Waals surface area contributed by atoms with Crippen LogP contribution in [0.25, 0.3) is 0 Å². The first-order valence-corrected chi connectivity index (χ1v) is 9.56. The number of aromatic nitrogens is 1. The van der Waals surface area contributed by atoms with Crippen molar-refractivity contribution in [3.05, 3.63) is 58.9 Å². The lowest BCUT2D eigenvalue weighted by atomic mass is 10.1. The van der Waals surface area contributed by atoms with E-state index in [0.717, 1.165) is 0 Å². The lowest BCUT2D eigenvalue weighted by Gasteiger charge is -2.28. The van der Waals surface area contributed by atoms with Gasteiger partial charge in [0.15, 0.2) is 0 Å². The third kappa shape index (κ3) is 3.15. The number of rotatable bonds is 7. The molecular formula is C21H23N2O6+. The molecule has 1 aromatic heterocycles. The summed E-state index contributed by atoms with van der Waals surface area (Å²) >= 11 is 0. The average Bonchev–Trinajstić information content (AvgIpc) is 3.24. The van der Waals surface area contributed by atoms with E-state index in [9.17, 15) is 19.2 Å². The fourth-order valence-electron chi connectivity index (χ4n) is 3.58. The number of amides is 2. The summed E-state index contributed by atoms with van der Waals surface area (Å²) in [5.41, 5.74) is 0.538. The normalized spacial score (nSPS) is 14.6. The molecule has 2 aromatic rings. The molecule has 8 heteroatoms. The zero-order chi connectivity index (χ0) is 21.2. The highest BCUT2D eigenvalue weighted by Crippen LogP contribution is 2.30. The van der Waals surface area contributed by atoms with Crippen LogP contribution in [0.4, 0.5) is 0 Å². The third-order valence-corrected chi connectivity index (χ3v) is 4.80. The van der Waals surface area contributed by atoms with Crippen molar-refractivity contribution in [3.63, 3.8) is 0 Å². The van der Waals surface area contributed by atoms with E-state index in [1.807, 2.05) is 6.92 Å². The van der Waals surface area contributed by atoms with Crippen LogP contribution in [0.5, 0.6) is 0 Å². The number of quaternary nitrogens is 1. The molecule has 0 N–H and O–H groups in total. The number of hydrogen-bond acceptors (Lipinski definition) is 6. The van der Waals surface area contributed by atoms with Crippen LogP contribution < -0.4 is 4.59 Å². The summed E-state index contributed by atoms with van der Waals surface area (Å²) in [5.74, 6) is -2.26. The molecule has 0 bridgehead atoms. The topological polar surface area (TPSA) is 91.7 Å². The van der Waals surface area contributed by atoms with Gasteiger partial charge in [0.05, 0.1) is 47.9 Å². The monoisotopic (exact) mass is 399 g/mol. The summed E-state index contributed by atoms with van der Waals surface area (Å²) in [5, 5.41) is 0. The Labute approximate surface area is 168 Å². The van der Waals surface area contributed by atoms with Crippen molar-refractivity contribution in [2.24, 2.45) is 0 Å². The van der Waals surface area contributed by atoms with Gasteiger partial charge in [0.2, 0.25) is 0 Å². The molecule has 29 heavy (non-hydrogen) atoms. The number of imide groups is 1. The van der Waals surface area contributed by atoms with Gasteiger partial charge in [-0.1, -0.05) is 23.6 Å². The molecular weight excluding hydrogens is 376 g/mol. The smallest absolute Gasteiger partial charge is 0.379 e. The van der Waals surface area contributed by atoms with E-state index in [-0.39, 0.29) is 30.9 Å². The summed E-state index contributed by atoms with van der Waals surface area (Å²) in [6.07, 6.45) is 3.16. The molecule has 3 rings (SSSR count). The highest BCUT2D eigenvalue weighted by Gasteiger charge is 2.56. The Morgan fingerprint density at radius 2 is 1.31 bits per heavy atom. The Hall–Kier alpha value is -3.26. The highest BCUT2D eigenvalue weighted by atomic mass is 16.5.